The van der Waals surface area contributed by atoms with Crippen molar-refractivity contribution < 1.29 is 14.7 Å². The van der Waals surface area contributed by atoms with Crippen LogP contribution in [0.5, 0.6) is 0 Å². The van der Waals surface area contributed by atoms with E-state index in [2.05, 4.69) is 10.3 Å². The lowest BCUT2D eigenvalue weighted by Crippen LogP contribution is -2.24. The minimum absolute atomic E-state index is 0.115. The molecule has 1 rings (SSSR count). The molecule has 0 aromatic carbocycles. The zero-order valence-corrected chi connectivity index (χ0v) is 8.36. The smallest absolute Gasteiger partial charge is 0.404 e. The first kappa shape index (κ1) is 11.2. The van der Waals surface area contributed by atoms with E-state index < -0.39 is 6.09 Å². The Morgan fingerprint density at radius 3 is 2.80 bits per heavy atom. The summed E-state index contributed by atoms with van der Waals surface area (Å²) in [5.74, 6) is -0.160. The molecule has 0 fully saturated rings. The van der Waals surface area contributed by atoms with E-state index in [4.69, 9.17) is 5.11 Å². The summed E-state index contributed by atoms with van der Waals surface area (Å²) in [6.45, 7) is 1.91. The summed E-state index contributed by atoms with van der Waals surface area (Å²) in [5.41, 5.74) is 1.15. The van der Waals surface area contributed by atoms with E-state index in [-0.39, 0.29) is 18.7 Å². The number of rotatable bonds is 4. The van der Waals surface area contributed by atoms with Crippen LogP contribution < -0.4 is 5.32 Å². The van der Waals surface area contributed by atoms with Crippen LogP contribution in [0.4, 0.5) is 4.79 Å². The quantitative estimate of drug-likeness (QED) is 0.729. The Balaban J connectivity index is 2.50. The number of hydrogen-bond acceptors (Lipinski definition) is 3. The van der Waals surface area contributed by atoms with Crippen LogP contribution in [0.15, 0.2) is 18.2 Å². The van der Waals surface area contributed by atoms with E-state index >= 15 is 0 Å². The molecule has 0 saturated heterocycles. The van der Waals surface area contributed by atoms with Crippen LogP contribution in [0.1, 0.15) is 22.6 Å². The Hall–Kier alpha value is -1.91. The average Bonchev–Trinajstić information content (AvgIpc) is 2.17. The summed E-state index contributed by atoms with van der Waals surface area (Å²) < 4.78 is 0. The number of amides is 1. The molecule has 0 saturated carbocycles. The van der Waals surface area contributed by atoms with Gasteiger partial charge in [-0.1, -0.05) is 6.07 Å². The lowest BCUT2D eigenvalue weighted by molar-refractivity contribution is 0.0978. The largest absolute Gasteiger partial charge is 0.465 e. The number of carbonyl (C=O) groups is 2. The molecule has 0 bridgehead atoms. The second-order valence-corrected chi connectivity index (χ2v) is 3.07. The topological polar surface area (TPSA) is 79.3 Å². The number of aromatic nitrogens is 1. The highest BCUT2D eigenvalue weighted by Gasteiger charge is 2.07. The Morgan fingerprint density at radius 1 is 1.47 bits per heavy atom. The van der Waals surface area contributed by atoms with Crippen LogP contribution >= 0.6 is 0 Å². The molecule has 0 aliphatic heterocycles. The van der Waals surface area contributed by atoms with E-state index in [1.165, 1.54) is 0 Å². The highest BCUT2D eigenvalue weighted by atomic mass is 16.4. The lowest BCUT2D eigenvalue weighted by atomic mass is 10.2. The van der Waals surface area contributed by atoms with Gasteiger partial charge in [0.15, 0.2) is 5.78 Å². The maximum atomic E-state index is 11.5. The first-order valence-electron chi connectivity index (χ1n) is 4.53. The van der Waals surface area contributed by atoms with Gasteiger partial charge in [0.25, 0.3) is 0 Å². The number of nitrogens with one attached hydrogen (secondary N) is 1. The van der Waals surface area contributed by atoms with E-state index in [9.17, 15) is 9.59 Å². The fourth-order valence-corrected chi connectivity index (χ4v) is 1.11. The second kappa shape index (κ2) is 5.09. The van der Waals surface area contributed by atoms with Crippen molar-refractivity contribution in [2.45, 2.75) is 13.3 Å². The number of hydrogen-bond donors (Lipinski definition) is 2. The monoisotopic (exact) mass is 208 g/mol. The minimum Gasteiger partial charge on any atom is -0.465 e. The molecule has 1 aromatic heterocycles. The first-order chi connectivity index (χ1) is 7.09. The van der Waals surface area contributed by atoms with Gasteiger partial charge in [0.1, 0.15) is 5.69 Å². The first-order valence-corrected chi connectivity index (χ1v) is 4.53. The van der Waals surface area contributed by atoms with Gasteiger partial charge in [0, 0.05) is 18.7 Å². The van der Waals surface area contributed by atoms with E-state index in [1.54, 1.807) is 25.1 Å². The number of Topliss-reactive ketones (excluding diaryl/α,β-unsaturated/α-hetero) is 1. The Labute approximate surface area is 87.1 Å². The van der Waals surface area contributed by atoms with E-state index in [1.807, 2.05) is 0 Å². The summed E-state index contributed by atoms with van der Waals surface area (Å²) >= 11 is 0. The summed E-state index contributed by atoms with van der Waals surface area (Å²) in [6.07, 6.45) is -0.997. The third-order valence-electron chi connectivity index (χ3n) is 1.80. The molecule has 0 spiro atoms. The van der Waals surface area contributed by atoms with Crippen molar-refractivity contribution in [2.24, 2.45) is 0 Å². The molecule has 0 unspecified atom stereocenters. The fourth-order valence-electron chi connectivity index (χ4n) is 1.11. The van der Waals surface area contributed by atoms with Crippen LogP contribution in [-0.4, -0.2) is 28.5 Å². The molecule has 0 radical (unpaired) electrons. The van der Waals surface area contributed by atoms with Crippen LogP contribution in [-0.2, 0) is 0 Å². The Bertz CT molecular complexity index is 377. The molecule has 0 atom stereocenters. The number of ketones is 1. The SMILES string of the molecule is Cc1cccc(C(=O)CCNC(=O)O)n1. The Kier molecular flexibility index (Phi) is 3.79. The summed E-state index contributed by atoms with van der Waals surface area (Å²) in [5, 5.41) is 10.4. The van der Waals surface area contributed by atoms with E-state index in [0.29, 0.717) is 5.69 Å². The summed E-state index contributed by atoms with van der Waals surface area (Å²) in [7, 11) is 0. The highest BCUT2D eigenvalue weighted by molar-refractivity contribution is 5.94. The van der Waals surface area contributed by atoms with Gasteiger partial charge in [-0.2, -0.15) is 0 Å². The average molecular weight is 208 g/mol. The van der Waals surface area contributed by atoms with Gasteiger partial charge < -0.3 is 10.4 Å². The van der Waals surface area contributed by atoms with Gasteiger partial charge >= 0.3 is 6.09 Å². The van der Waals surface area contributed by atoms with Crippen LogP contribution in [0.25, 0.3) is 0 Å². The number of carbonyl (C=O) groups excluding carboxylic acids is 1. The minimum atomic E-state index is -1.12. The lowest BCUT2D eigenvalue weighted by Gasteiger charge is -2.01. The van der Waals surface area contributed by atoms with Crippen LogP contribution in [0.3, 0.4) is 0 Å². The third-order valence-corrected chi connectivity index (χ3v) is 1.80. The number of pyridine rings is 1. The van der Waals surface area contributed by atoms with Crippen molar-refractivity contribution >= 4 is 11.9 Å². The summed E-state index contributed by atoms with van der Waals surface area (Å²) in [6, 6.07) is 5.17. The fraction of sp³-hybridized carbons (Fsp3) is 0.300. The molecule has 5 nitrogen and oxygen atoms in total. The van der Waals surface area contributed by atoms with Crippen molar-refractivity contribution in [3.05, 3.63) is 29.6 Å². The number of nitrogens with zero attached hydrogens (tertiary/aromatic N) is 1. The Morgan fingerprint density at radius 2 is 2.20 bits per heavy atom. The molecule has 15 heavy (non-hydrogen) atoms. The number of carboxylic acid groups (broad SMARTS) is 1. The third kappa shape index (κ3) is 3.76. The van der Waals surface area contributed by atoms with Crippen molar-refractivity contribution in [1.82, 2.24) is 10.3 Å². The molecule has 80 valence electrons. The molecule has 1 amide bonds. The predicted octanol–water partition coefficient (Wildman–Crippen LogP) is 1.23. The number of aryl methyl sites for hydroxylation is 1. The maximum absolute atomic E-state index is 11.5. The normalized spacial score (nSPS) is 9.67. The molecule has 1 aromatic rings. The molecular weight excluding hydrogens is 196 g/mol. The molecule has 1 heterocycles. The molecule has 0 aliphatic carbocycles. The highest BCUT2D eigenvalue weighted by Crippen LogP contribution is 2.01. The second-order valence-electron chi connectivity index (χ2n) is 3.07. The van der Waals surface area contributed by atoms with E-state index in [0.717, 1.165) is 5.69 Å². The molecule has 2 N–H and O–H groups in total. The molecular formula is C10H12N2O3. The van der Waals surface area contributed by atoms with Gasteiger partial charge in [-0.05, 0) is 19.1 Å². The van der Waals surface area contributed by atoms with Crippen molar-refractivity contribution in [3.8, 4) is 0 Å². The maximum Gasteiger partial charge on any atom is 0.404 e. The van der Waals surface area contributed by atoms with Crippen molar-refractivity contribution in [2.75, 3.05) is 6.54 Å². The van der Waals surface area contributed by atoms with Gasteiger partial charge in [-0.15, -0.1) is 0 Å². The predicted molar refractivity (Wildman–Crippen MR) is 53.9 cm³/mol. The van der Waals surface area contributed by atoms with Gasteiger partial charge in [-0.3, -0.25) is 9.78 Å². The standard InChI is InChI=1S/C10H12N2O3/c1-7-3-2-4-8(12-7)9(13)5-6-11-10(14)15/h2-4,11H,5-6H2,1H3,(H,14,15). The van der Waals surface area contributed by atoms with Crippen molar-refractivity contribution in [1.29, 1.82) is 0 Å². The zero-order chi connectivity index (χ0) is 11.3. The van der Waals surface area contributed by atoms with Crippen LogP contribution in [0, 0.1) is 6.92 Å². The zero-order valence-electron chi connectivity index (χ0n) is 8.36. The summed E-state index contributed by atoms with van der Waals surface area (Å²) in [4.78, 5) is 25.7. The van der Waals surface area contributed by atoms with Gasteiger partial charge in [-0.25, -0.2) is 4.79 Å². The van der Waals surface area contributed by atoms with Gasteiger partial charge in [0.2, 0.25) is 0 Å². The molecule has 0 aliphatic rings. The van der Waals surface area contributed by atoms with Gasteiger partial charge in [0.05, 0.1) is 0 Å². The molecule has 5 heteroatoms. The van der Waals surface area contributed by atoms with Crippen molar-refractivity contribution in [3.63, 3.8) is 0 Å². The van der Waals surface area contributed by atoms with Crippen LogP contribution in [0.2, 0.25) is 0 Å².